The number of nitrogens with one attached hydrogen (secondary N) is 1. The first kappa shape index (κ1) is 13.7. The summed E-state index contributed by atoms with van der Waals surface area (Å²) in [6.07, 6.45) is 3.04. The van der Waals surface area contributed by atoms with Gasteiger partial charge in [-0.1, -0.05) is 0 Å². The smallest absolute Gasteiger partial charge is 0.376 e. The number of aryl methyl sites for hydroxylation is 1. The molecular weight excluding hydrogens is 246 g/mol. The van der Waals surface area contributed by atoms with E-state index in [0.717, 1.165) is 25.8 Å². The number of anilines is 1. The van der Waals surface area contributed by atoms with Crippen LogP contribution in [0, 0.1) is 12.3 Å². The van der Waals surface area contributed by atoms with E-state index in [1.54, 1.807) is 13.0 Å². The molecule has 1 saturated carbocycles. The predicted molar refractivity (Wildman–Crippen MR) is 70.0 cm³/mol. The van der Waals surface area contributed by atoms with Gasteiger partial charge in [-0.2, -0.15) is 0 Å². The zero-order chi connectivity index (χ0) is 13.9. The lowest BCUT2D eigenvalue weighted by Crippen LogP contribution is -2.19. The van der Waals surface area contributed by atoms with Gasteiger partial charge in [0.2, 0.25) is 5.82 Å². The summed E-state index contributed by atoms with van der Waals surface area (Å²) in [5.74, 6) is 0.150. The Morgan fingerprint density at radius 3 is 2.84 bits per heavy atom. The summed E-state index contributed by atoms with van der Waals surface area (Å²) in [5.41, 5.74) is 0.906. The van der Waals surface area contributed by atoms with Crippen molar-refractivity contribution < 1.29 is 14.6 Å². The average molecular weight is 265 g/mol. The molecule has 1 aliphatic carbocycles. The molecule has 2 N–H and O–H groups in total. The molecule has 1 fully saturated rings. The second-order valence-electron chi connectivity index (χ2n) is 5.04. The fourth-order valence-electron chi connectivity index (χ4n) is 2.05. The molecule has 6 heteroatoms. The monoisotopic (exact) mass is 265 g/mol. The molecule has 104 valence electrons. The number of aromatic nitrogens is 2. The highest BCUT2D eigenvalue weighted by atomic mass is 16.5. The number of aliphatic hydroxyl groups is 1. The zero-order valence-corrected chi connectivity index (χ0v) is 11.3. The van der Waals surface area contributed by atoms with Crippen molar-refractivity contribution in [2.45, 2.75) is 26.2 Å². The van der Waals surface area contributed by atoms with Crippen molar-refractivity contribution in [1.82, 2.24) is 9.97 Å². The molecular formula is C13H19N3O3. The minimum Gasteiger partial charge on any atom is -0.463 e. The van der Waals surface area contributed by atoms with Crippen molar-refractivity contribution in [3.63, 3.8) is 0 Å². The van der Waals surface area contributed by atoms with Crippen molar-refractivity contribution in [3.05, 3.63) is 17.6 Å². The maximum absolute atomic E-state index is 11.4. The van der Waals surface area contributed by atoms with Crippen LogP contribution in [0.1, 0.15) is 35.6 Å². The lowest BCUT2D eigenvalue weighted by Gasteiger charge is -2.15. The molecule has 1 heterocycles. The number of carbonyl (C=O) groups is 1. The van der Waals surface area contributed by atoms with Crippen LogP contribution in [-0.2, 0) is 4.74 Å². The first-order valence-electron chi connectivity index (χ1n) is 6.37. The maximum Gasteiger partial charge on any atom is 0.376 e. The van der Waals surface area contributed by atoms with Crippen LogP contribution >= 0.6 is 0 Å². The molecule has 0 spiro atoms. The Morgan fingerprint density at radius 1 is 1.53 bits per heavy atom. The molecule has 0 aromatic carbocycles. The minimum atomic E-state index is -0.539. The first-order chi connectivity index (χ1) is 9.08. The normalized spacial score (nSPS) is 15.9. The van der Waals surface area contributed by atoms with Gasteiger partial charge in [0, 0.05) is 24.9 Å². The summed E-state index contributed by atoms with van der Waals surface area (Å²) in [6.45, 7) is 2.77. The zero-order valence-electron chi connectivity index (χ0n) is 11.3. The summed E-state index contributed by atoms with van der Waals surface area (Å²) < 4.78 is 4.62. The molecule has 2 rings (SSSR count). The van der Waals surface area contributed by atoms with Crippen LogP contribution in [0.2, 0.25) is 0 Å². The van der Waals surface area contributed by atoms with Gasteiger partial charge in [-0.3, -0.25) is 0 Å². The first-order valence-corrected chi connectivity index (χ1v) is 6.37. The van der Waals surface area contributed by atoms with Crippen LogP contribution < -0.4 is 5.32 Å². The standard InChI is InChI=1S/C13H19N3O3/c1-9-7-10(16-11(15-9)12(18)19-2)14-8-13(3-4-13)5-6-17/h7,17H,3-6,8H2,1-2H3,(H,14,15,16). The number of esters is 1. The van der Waals surface area contributed by atoms with Crippen molar-refractivity contribution in [2.24, 2.45) is 5.41 Å². The Kier molecular flexibility index (Phi) is 3.99. The molecule has 0 atom stereocenters. The minimum absolute atomic E-state index is 0.0667. The molecule has 0 aliphatic heterocycles. The van der Waals surface area contributed by atoms with Gasteiger partial charge in [-0.25, -0.2) is 14.8 Å². The summed E-state index contributed by atoms with van der Waals surface area (Å²) >= 11 is 0. The van der Waals surface area contributed by atoms with Crippen molar-refractivity contribution in [1.29, 1.82) is 0 Å². The molecule has 6 nitrogen and oxygen atoms in total. The van der Waals surface area contributed by atoms with Crippen molar-refractivity contribution in [2.75, 3.05) is 25.6 Å². The van der Waals surface area contributed by atoms with Gasteiger partial charge < -0.3 is 15.2 Å². The Labute approximate surface area is 112 Å². The van der Waals surface area contributed by atoms with Gasteiger partial charge >= 0.3 is 5.97 Å². The largest absolute Gasteiger partial charge is 0.463 e. The number of hydrogen-bond donors (Lipinski definition) is 2. The van der Waals surface area contributed by atoms with Crippen LogP contribution in [-0.4, -0.2) is 41.3 Å². The van der Waals surface area contributed by atoms with Gasteiger partial charge in [0.25, 0.3) is 0 Å². The third kappa shape index (κ3) is 3.41. The maximum atomic E-state index is 11.4. The second-order valence-corrected chi connectivity index (χ2v) is 5.04. The second kappa shape index (κ2) is 5.52. The highest BCUT2D eigenvalue weighted by Crippen LogP contribution is 2.48. The van der Waals surface area contributed by atoms with Gasteiger partial charge in [0.05, 0.1) is 7.11 Å². The third-order valence-electron chi connectivity index (χ3n) is 3.47. The number of ether oxygens (including phenoxy) is 1. The van der Waals surface area contributed by atoms with Crippen LogP contribution in [0.15, 0.2) is 6.07 Å². The Morgan fingerprint density at radius 2 is 2.26 bits per heavy atom. The van der Waals surface area contributed by atoms with Crippen LogP contribution in [0.25, 0.3) is 0 Å². The number of methoxy groups -OCH3 is 1. The highest BCUT2D eigenvalue weighted by Gasteiger charge is 2.41. The van der Waals surface area contributed by atoms with E-state index in [1.807, 2.05) is 0 Å². The highest BCUT2D eigenvalue weighted by molar-refractivity contribution is 5.85. The summed E-state index contributed by atoms with van der Waals surface area (Å²) in [7, 11) is 1.31. The van der Waals surface area contributed by atoms with E-state index in [9.17, 15) is 4.79 Å². The average Bonchev–Trinajstić information content (AvgIpc) is 3.16. The SMILES string of the molecule is COC(=O)c1nc(C)cc(NCC2(CCO)CC2)n1. The van der Waals surface area contributed by atoms with E-state index in [1.165, 1.54) is 7.11 Å². The fraction of sp³-hybridized carbons (Fsp3) is 0.615. The molecule has 0 unspecified atom stereocenters. The summed E-state index contributed by atoms with van der Waals surface area (Å²) in [5, 5.41) is 12.2. The lowest BCUT2D eigenvalue weighted by molar-refractivity contribution is 0.0586. The van der Waals surface area contributed by atoms with Crippen LogP contribution in [0.3, 0.4) is 0 Å². The molecule has 0 bridgehead atoms. The van der Waals surface area contributed by atoms with E-state index in [0.29, 0.717) is 11.5 Å². The predicted octanol–water partition coefficient (Wildman–Crippen LogP) is 1.15. The Bertz CT molecular complexity index is 472. The van der Waals surface area contributed by atoms with Gasteiger partial charge in [0.1, 0.15) is 5.82 Å². The molecule has 1 aromatic rings. The van der Waals surface area contributed by atoms with E-state index in [2.05, 4.69) is 20.0 Å². The van der Waals surface area contributed by atoms with E-state index in [4.69, 9.17) is 5.11 Å². The number of carbonyl (C=O) groups excluding carboxylic acids is 1. The number of hydrogen-bond acceptors (Lipinski definition) is 6. The number of aliphatic hydroxyl groups excluding tert-OH is 1. The molecule has 0 radical (unpaired) electrons. The van der Waals surface area contributed by atoms with Crippen LogP contribution in [0.4, 0.5) is 5.82 Å². The van der Waals surface area contributed by atoms with E-state index >= 15 is 0 Å². The van der Waals surface area contributed by atoms with Crippen molar-refractivity contribution >= 4 is 11.8 Å². The Balaban J connectivity index is 2.04. The number of nitrogens with zero attached hydrogens (tertiary/aromatic N) is 2. The Hall–Kier alpha value is -1.69. The van der Waals surface area contributed by atoms with E-state index in [-0.39, 0.29) is 17.8 Å². The molecule has 1 aliphatic rings. The summed E-state index contributed by atoms with van der Waals surface area (Å²) in [4.78, 5) is 19.6. The lowest BCUT2D eigenvalue weighted by atomic mass is 10.0. The van der Waals surface area contributed by atoms with Gasteiger partial charge in [0.15, 0.2) is 0 Å². The third-order valence-corrected chi connectivity index (χ3v) is 3.47. The fourth-order valence-corrected chi connectivity index (χ4v) is 2.05. The van der Waals surface area contributed by atoms with E-state index < -0.39 is 5.97 Å². The number of rotatable bonds is 6. The van der Waals surface area contributed by atoms with Crippen LogP contribution in [0.5, 0.6) is 0 Å². The molecule has 0 saturated heterocycles. The topological polar surface area (TPSA) is 84.3 Å². The van der Waals surface area contributed by atoms with Gasteiger partial charge in [-0.15, -0.1) is 0 Å². The summed E-state index contributed by atoms with van der Waals surface area (Å²) in [6, 6.07) is 1.79. The molecule has 19 heavy (non-hydrogen) atoms. The van der Waals surface area contributed by atoms with Gasteiger partial charge in [-0.05, 0) is 31.6 Å². The quantitative estimate of drug-likeness (QED) is 0.750. The van der Waals surface area contributed by atoms with Crippen molar-refractivity contribution in [3.8, 4) is 0 Å². The molecule has 0 amide bonds. The molecule has 1 aromatic heterocycles.